The molecule has 1 heterocycles. The SMILES string of the molecule is Cc1cc(CN)ccc1Cn1ccnc1C. The van der Waals surface area contributed by atoms with E-state index >= 15 is 0 Å². The highest BCUT2D eigenvalue weighted by Crippen LogP contribution is 2.13. The predicted octanol–water partition coefficient (Wildman–Crippen LogP) is 2.01. The minimum absolute atomic E-state index is 0.602. The number of nitrogens with two attached hydrogens (primary N) is 1. The van der Waals surface area contributed by atoms with Gasteiger partial charge in [-0.1, -0.05) is 18.2 Å². The van der Waals surface area contributed by atoms with Crippen molar-refractivity contribution in [1.82, 2.24) is 9.55 Å². The Kier molecular flexibility index (Phi) is 3.06. The van der Waals surface area contributed by atoms with Crippen LogP contribution < -0.4 is 5.73 Å². The minimum atomic E-state index is 0.602. The van der Waals surface area contributed by atoms with Gasteiger partial charge in [0.25, 0.3) is 0 Å². The van der Waals surface area contributed by atoms with Crippen LogP contribution in [0, 0.1) is 13.8 Å². The minimum Gasteiger partial charge on any atom is -0.331 e. The van der Waals surface area contributed by atoms with Crippen molar-refractivity contribution < 1.29 is 0 Å². The standard InChI is InChI=1S/C13H17N3/c1-10-7-12(8-14)3-4-13(10)9-16-6-5-15-11(16)2/h3-7H,8-9,14H2,1-2H3. The van der Waals surface area contributed by atoms with E-state index in [1.165, 1.54) is 16.7 Å². The molecule has 0 radical (unpaired) electrons. The van der Waals surface area contributed by atoms with Crippen molar-refractivity contribution in [1.29, 1.82) is 0 Å². The number of hydrogen-bond acceptors (Lipinski definition) is 2. The highest BCUT2D eigenvalue weighted by atomic mass is 15.0. The van der Waals surface area contributed by atoms with E-state index in [9.17, 15) is 0 Å². The van der Waals surface area contributed by atoms with Crippen LogP contribution in [-0.4, -0.2) is 9.55 Å². The van der Waals surface area contributed by atoms with Crippen LogP contribution in [0.15, 0.2) is 30.6 Å². The average Bonchev–Trinajstić information content (AvgIpc) is 2.67. The summed E-state index contributed by atoms with van der Waals surface area (Å²) in [5.41, 5.74) is 9.40. The van der Waals surface area contributed by atoms with Gasteiger partial charge in [-0.15, -0.1) is 0 Å². The van der Waals surface area contributed by atoms with Crippen LogP contribution in [0.1, 0.15) is 22.5 Å². The Morgan fingerprint density at radius 3 is 2.69 bits per heavy atom. The third kappa shape index (κ3) is 2.14. The lowest BCUT2D eigenvalue weighted by Crippen LogP contribution is -2.04. The molecule has 1 aromatic heterocycles. The molecule has 3 heteroatoms. The number of hydrogen-bond donors (Lipinski definition) is 1. The second-order valence-electron chi connectivity index (χ2n) is 4.07. The fraction of sp³-hybridized carbons (Fsp3) is 0.308. The molecule has 0 aliphatic heterocycles. The maximum atomic E-state index is 5.61. The monoisotopic (exact) mass is 215 g/mol. The fourth-order valence-electron chi connectivity index (χ4n) is 1.82. The number of benzene rings is 1. The van der Waals surface area contributed by atoms with Gasteiger partial charge in [0.15, 0.2) is 0 Å². The number of imidazole rings is 1. The van der Waals surface area contributed by atoms with Gasteiger partial charge < -0.3 is 10.3 Å². The molecule has 0 saturated heterocycles. The smallest absolute Gasteiger partial charge is 0.105 e. The number of rotatable bonds is 3. The van der Waals surface area contributed by atoms with E-state index in [-0.39, 0.29) is 0 Å². The Morgan fingerprint density at radius 2 is 2.12 bits per heavy atom. The largest absolute Gasteiger partial charge is 0.331 e. The first-order valence-corrected chi connectivity index (χ1v) is 5.47. The van der Waals surface area contributed by atoms with E-state index in [1.54, 1.807) is 0 Å². The topological polar surface area (TPSA) is 43.8 Å². The molecule has 2 aromatic rings. The molecule has 0 spiro atoms. The van der Waals surface area contributed by atoms with E-state index in [0.29, 0.717) is 6.54 Å². The molecule has 16 heavy (non-hydrogen) atoms. The van der Waals surface area contributed by atoms with Crippen molar-refractivity contribution in [3.05, 3.63) is 53.1 Å². The van der Waals surface area contributed by atoms with Gasteiger partial charge in [0.05, 0.1) is 0 Å². The highest BCUT2D eigenvalue weighted by molar-refractivity contribution is 5.31. The van der Waals surface area contributed by atoms with E-state index in [1.807, 2.05) is 19.3 Å². The Bertz CT molecular complexity index is 486. The molecule has 1 aromatic carbocycles. The molecule has 0 atom stereocenters. The summed E-state index contributed by atoms with van der Waals surface area (Å²) in [6, 6.07) is 6.40. The molecule has 0 saturated carbocycles. The Hall–Kier alpha value is -1.61. The zero-order chi connectivity index (χ0) is 11.5. The van der Waals surface area contributed by atoms with Crippen molar-refractivity contribution in [2.24, 2.45) is 5.73 Å². The van der Waals surface area contributed by atoms with Crippen molar-refractivity contribution in [3.63, 3.8) is 0 Å². The molecule has 0 amide bonds. The molecule has 0 unspecified atom stereocenters. The van der Waals surface area contributed by atoms with Crippen LogP contribution in [0.25, 0.3) is 0 Å². The van der Waals surface area contributed by atoms with Crippen LogP contribution in [0.5, 0.6) is 0 Å². The summed E-state index contributed by atoms with van der Waals surface area (Å²) < 4.78 is 2.14. The van der Waals surface area contributed by atoms with Crippen LogP contribution in [0.3, 0.4) is 0 Å². The van der Waals surface area contributed by atoms with Gasteiger partial charge in [0.1, 0.15) is 5.82 Å². The average molecular weight is 215 g/mol. The third-order valence-electron chi connectivity index (χ3n) is 2.91. The van der Waals surface area contributed by atoms with Gasteiger partial charge in [-0.25, -0.2) is 4.98 Å². The molecule has 84 valence electrons. The first-order chi connectivity index (χ1) is 7.70. The lowest BCUT2D eigenvalue weighted by atomic mass is 10.1. The van der Waals surface area contributed by atoms with Gasteiger partial charge in [0, 0.05) is 25.5 Å². The van der Waals surface area contributed by atoms with Crippen molar-refractivity contribution in [2.75, 3.05) is 0 Å². The van der Waals surface area contributed by atoms with Crippen LogP contribution >= 0.6 is 0 Å². The third-order valence-corrected chi connectivity index (χ3v) is 2.91. The second-order valence-corrected chi connectivity index (χ2v) is 4.07. The Balaban J connectivity index is 2.25. The summed E-state index contributed by atoms with van der Waals surface area (Å²) in [6.45, 7) is 5.62. The molecule has 0 bridgehead atoms. The highest BCUT2D eigenvalue weighted by Gasteiger charge is 2.02. The van der Waals surface area contributed by atoms with E-state index in [0.717, 1.165) is 12.4 Å². The van der Waals surface area contributed by atoms with Gasteiger partial charge in [-0.05, 0) is 30.5 Å². The molecular formula is C13H17N3. The van der Waals surface area contributed by atoms with Crippen molar-refractivity contribution in [2.45, 2.75) is 26.9 Å². The summed E-state index contributed by atoms with van der Waals surface area (Å²) in [7, 11) is 0. The molecule has 0 fully saturated rings. The second kappa shape index (κ2) is 4.49. The molecular weight excluding hydrogens is 198 g/mol. The molecule has 2 rings (SSSR count). The lowest BCUT2D eigenvalue weighted by Gasteiger charge is -2.09. The summed E-state index contributed by atoms with van der Waals surface area (Å²) in [5.74, 6) is 1.04. The number of aromatic nitrogens is 2. The lowest BCUT2D eigenvalue weighted by molar-refractivity contribution is 0.757. The maximum absolute atomic E-state index is 5.61. The van der Waals surface area contributed by atoms with Gasteiger partial charge in [-0.2, -0.15) is 0 Å². The molecule has 2 N–H and O–H groups in total. The maximum Gasteiger partial charge on any atom is 0.105 e. The summed E-state index contributed by atoms with van der Waals surface area (Å²) in [5, 5.41) is 0. The number of aryl methyl sites for hydroxylation is 2. The summed E-state index contributed by atoms with van der Waals surface area (Å²) in [6.07, 6.45) is 3.84. The summed E-state index contributed by atoms with van der Waals surface area (Å²) >= 11 is 0. The van der Waals surface area contributed by atoms with E-state index in [4.69, 9.17) is 5.73 Å². The fourth-order valence-corrected chi connectivity index (χ4v) is 1.82. The molecule has 0 aliphatic rings. The molecule has 0 aliphatic carbocycles. The van der Waals surface area contributed by atoms with Crippen molar-refractivity contribution >= 4 is 0 Å². The van der Waals surface area contributed by atoms with Gasteiger partial charge >= 0.3 is 0 Å². The molecule has 3 nitrogen and oxygen atoms in total. The van der Waals surface area contributed by atoms with E-state index in [2.05, 4.69) is 34.7 Å². The van der Waals surface area contributed by atoms with Gasteiger partial charge in [0.2, 0.25) is 0 Å². The Labute approximate surface area is 95.9 Å². The van der Waals surface area contributed by atoms with Crippen LogP contribution in [-0.2, 0) is 13.1 Å². The van der Waals surface area contributed by atoms with Crippen LogP contribution in [0.2, 0.25) is 0 Å². The van der Waals surface area contributed by atoms with Crippen molar-refractivity contribution in [3.8, 4) is 0 Å². The normalized spacial score (nSPS) is 10.7. The zero-order valence-corrected chi connectivity index (χ0v) is 9.77. The number of nitrogens with zero attached hydrogens (tertiary/aromatic N) is 2. The Morgan fingerprint density at radius 1 is 1.31 bits per heavy atom. The first kappa shape index (κ1) is 10.9. The van der Waals surface area contributed by atoms with E-state index < -0.39 is 0 Å². The quantitative estimate of drug-likeness (QED) is 0.851. The first-order valence-electron chi connectivity index (χ1n) is 5.47. The van der Waals surface area contributed by atoms with Crippen LogP contribution in [0.4, 0.5) is 0 Å². The predicted molar refractivity (Wildman–Crippen MR) is 65.1 cm³/mol. The zero-order valence-electron chi connectivity index (χ0n) is 9.77. The summed E-state index contributed by atoms with van der Waals surface area (Å²) in [4.78, 5) is 4.22. The van der Waals surface area contributed by atoms with Gasteiger partial charge in [-0.3, -0.25) is 0 Å².